The van der Waals surface area contributed by atoms with Crippen molar-refractivity contribution in [1.82, 2.24) is 4.57 Å². The quantitative estimate of drug-likeness (QED) is 0.171. The van der Waals surface area contributed by atoms with E-state index in [1.54, 1.807) is 11.3 Å². The summed E-state index contributed by atoms with van der Waals surface area (Å²) < 4.78 is 17.6. The van der Waals surface area contributed by atoms with Gasteiger partial charge in [-0.15, -0.1) is 0 Å². The normalized spacial score (nSPS) is 13.9. The molecule has 0 bridgehead atoms. The number of thiophene rings is 1. The van der Waals surface area contributed by atoms with Gasteiger partial charge in [-0.2, -0.15) is 0 Å². The van der Waals surface area contributed by atoms with E-state index in [1.807, 2.05) is 0 Å². The lowest BCUT2D eigenvalue weighted by Crippen LogP contribution is -2.61. The Morgan fingerprint density at radius 2 is 1.02 bits per heavy atom. The smallest absolute Gasteiger partial charge is 0.277 e. The number of fused-ring (bicyclic) bond motifs is 11. The third-order valence-electron chi connectivity index (χ3n) is 12.0. The summed E-state index contributed by atoms with van der Waals surface area (Å²) in [6, 6.07) is 60.8. The molecule has 8 heteroatoms. The van der Waals surface area contributed by atoms with Gasteiger partial charge in [0.15, 0.2) is 5.06 Å². The van der Waals surface area contributed by atoms with E-state index in [0.717, 1.165) is 55.4 Å². The first-order chi connectivity index (χ1) is 27.8. The molecule has 0 N–H and O–H groups in total. The Hall–Kier alpha value is -6.89. The molecule has 13 rings (SSSR count). The van der Waals surface area contributed by atoms with Crippen molar-refractivity contribution in [2.45, 2.75) is 0 Å². The number of aromatic nitrogens is 1. The highest BCUT2D eigenvalue weighted by Gasteiger charge is 2.47. The van der Waals surface area contributed by atoms with Crippen molar-refractivity contribution in [1.29, 1.82) is 0 Å². The summed E-state index contributed by atoms with van der Waals surface area (Å²) in [7, 11) is 0. The highest BCUT2D eigenvalue weighted by molar-refractivity contribution is 7.24. The first-order valence-electron chi connectivity index (χ1n) is 19.1. The molecular formula is C48H29B2N3O2S. The Bertz CT molecular complexity index is 3070. The molecule has 0 radical (unpaired) electrons. The summed E-state index contributed by atoms with van der Waals surface area (Å²) in [5.41, 5.74) is 15.3. The number of benzene rings is 7. The summed E-state index contributed by atoms with van der Waals surface area (Å²) in [5, 5.41) is 2.11. The van der Waals surface area contributed by atoms with E-state index in [0.29, 0.717) is 0 Å². The van der Waals surface area contributed by atoms with Crippen LogP contribution in [0.4, 0.5) is 34.1 Å². The fourth-order valence-corrected chi connectivity index (χ4v) is 11.0. The predicted octanol–water partition coefficient (Wildman–Crippen LogP) is 8.50. The third kappa shape index (κ3) is 4.01. The highest BCUT2D eigenvalue weighted by atomic mass is 32.1. The first-order valence-corrected chi connectivity index (χ1v) is 19.9. The van der Waals surface area contributed by atoms with E-state index in [9.17, 15) is 0 Å². The van der Waals surface area contributed by atoms with Crippen LogP contribution < -0.4 is 52.2 Å². The highest BCUT2D eigenvalue weighted by Crippen LogP contribution is 2.48. The molecule has 0 spiro atoms. The van der Waals surface area contributed by atoms with Gasteiger partial charge in [-0.3, -0.25) is 0 Å². The lowest BCUT2D eigenvalue weighted by atomic mass is 9.34. The molecule has 0 atom stereocenters. The summed E-state index contributed by atoms with van der Waals surface area (Å²) in [4.78, 5) is 4.77. The maximum absolute atomic E-state index is 7.18. The first kappa shape index (κ1) is 30.4. The van der Waals surface area contributed by atoms with Crippen LogP contribution in [0.15, 0.2) is 176 Å². The number of para-hydroxylation sites is 4. The predicted molar refractivity (Wildman–Crippen MR) is 233 cm³/mol. The molecule has 7 aromatic carbocycles. The molecule has 0 amide bonds. The Morgan fingerprint density at radius 3 is 1.73 bits per heavy atom. The standard InChI is InChI=1S/C48H29B2N3O2S/c1-4-14-30(15-5-1)51-29-28-39-47(51)50-35-27-26-33-42-48(56-46(33)45(35)54-40-24-12-23-38(44(40)50)53(39)32-18-8-3-9-19-32)55-41-25-13-22-37-43(41)49(42)34-20-10-11-21-36(34)52(37)31-16-6-2-7-17-31/h1-29H. The molecule has 0 saturated heterocycles. The van der Waals surface area contributed by atoms with Crippen molar-refractivity contribution in [2.24, 2.45) is 0 Å². The maximum atomic E-state index is 7.18. The molecule has 0 unspecified atom stereocenters. The van der Waals surface area contributed by atoms with Gasteiger partial charge in [0.25, 0.3) is 13.4 Å². The minimum atomic E-state index is -0.0572. The van der Waals surface area contributed by atoms with Crippen molar-refractivity contribution < 1.29 is 9.47 Å². The van der Waals surface area contributed by atoms with Gasteiger partial charge in [-0.05, 0) is 105 Å². The van der Waals surface area contributed by atoms with Gasteiger partial charge in [0.05, 0.1) is 10.4 Å². The Morgan fingerprint density at radius 1 is 0.429 bits per heavy atom. The van der Waals surface area contributed by atoms with E-state index in [2.05, 4.69) is 190 Å². The summed E-state index contributed by atoms with van der Waals surface area (Å²) in [6.45, 7) is -0.0513. The number of nitrogens with zero attached hydrogens (tertiary/aromatic N) is 3. The molecule has 2 aromatic heterocycles. The van der Waals surface area contributed by atoms with Crippen molar-refractivity contribution in [2.75, 3.05) is 9.80 Å². The lowest BCUT2D eigenvalue weighted by molar-refractivity contribution is 0.493. The largest absolute Gasteiger partial charge is 0.457 e. The Labute approximate surface area is 328 Å². The van der Waals surface area contributed by atoms with Crippen molar-refractivity contribution in [3.63, 3.8) is 0 Å². The third-order valence-corrected chi connectivity index (χ3v) is 13.1. The number of anilines is 6. The van der Waals surface area contributed by atoms with Crippen LogP contribution in [0.5, 0.6) is 22.3 Å². The fraction of sp³-hybridized carbons (Fsp3) is 0. The van der Waals surface area contributed by atoms with Gasteiger partial charge < -0.3 is 23.8 Å². The van der Waals surface area contributed by atoms with Crippen molar-refractivity contribution >= 4 is 102 Å². The number of hydrogen-bond acceptors (Lipinski definition) is 5. The van der Waals surface area contributed by atoms with Gasteiger partial charge in [0.2, 0.25) is 0 Å². The average Bonchev–Trinajstić information content (AvgIpc) is 3.87. The van der Waals surface area contributed by atoms with Crippen LogP contribution >= 0.6 is 11.3 Å². The van der Waals surface area contributed by atoms with Crippen LogP contribution in [-0.4, -0.2) is 18.0 Å². The molecule has 0 fully saturated rings. The van der Waals surface area contributed by atoms with E-state index in [4.69, 9.17) is 9.47 Å². The second-order valence-electron chi connectivity index (χ2n) is 14.8. The second-order valence-corrected chi connectivity index (χ2v) is 15.8. The SMILES string of the molecule is c1ccc(N2c3ccccc3B3c4c(cccc42)Oc2sc4c5c(ccc4c23)B2c3c(cccc3N(c3ccccc3)c3ccn(-c4ccccc4)c32)O5)cc1. The zero-order valence-corrected chi connectivity index (χ0v) is 30.8. The van der Waals surface area contributed by atoms with E-state index in [-0.39, 0.29) is 13.4 Å². The second kappa shape index (κ2) is 11.3. The molecule has 5 nitrogen and oxygen atoms in total. The van der Waals surface area contributed by atoms with Gasteiger partial charge >= 0.3 is 0 Å². The van der Waals surface area contributed by atoms with Crippen LogP contribution in [0.25, 0.3) is 15.8 Å². The zero-order valence-electron chi connectivity index (χ0n) is 30.0. The molecule has 9 aromatic rings. The van der Waals surface area contributed by atoms with E-state index < -0.39 is 0 Å². The number of hydrogen-bond donors (Lipinski definition) is 0. The summed E-state index contributed by atoms with van der Waals surface area (Å²) >= 11 is 1.71. The van der Waals surface area contributed by atoms with E-state index >= 15 is 0 Å². The molecule has 0 aliphatic carbocycles. The minimum Gasteiger partial charge on any atom is -0.457 e. The summed E-state index contributed by atoms with van der Waals surface area (Å²) in [6.07, 6.45) is 2.22. The van der Waals surface area contributed by atoms with Crippen LogP contribution in [-0.2, 0) is 0 Å². The monoisotopic (exact) mass is 733 g/mol. The molecule has 4 aliphatic rings. The molecule has 0 saturated carbocycles. The summed E-state index contributed by atoms with van der Waals surface area (Å²) in [5.74, 6) is 2.71. The molecule has 56 heavy (non-hydrogen) atoms. The fourth-order valence-electron chi connectivity index (χ4n) is 9.78. The maximum Gasteiger partial charge on any atom is 0.277 e. The van der Waals surface area contributed by atoms with Crippen LogP contribution in [0, 0.1) is 0 Å². The number of ether oxygens (including phenoxy) is 2. The molecule has 260 valence electrons. The number of rotatable bonds is 3. The topological polar surface area (TPSA) is 29.9 Å². The Kier molecular flexibility index (Phi) is 6.15. The van der Waals surface area contributed by atoms with Gasteiger partial charge in [0, 0.05) is 45.9 Å². The lowest BCUT2D eigenvalue weighted by Gasteiger charge is -2.39. The molecular weight excluding hydrogens is 704 g/mol. The van der Waals surface area contributed by atoms with E-state index in [1.165, 1.54) is 49.7 Å². The van der Waals surface area contributed by atoms with Crippen molar-refractivity contribution in [3.8, 4) is 28.0 Å². The van der Waals surface area contributed by atoms with Gasteiger partial charge in [-0.1, -0.05) is 108 Å². The van der Waals surface area contributed by atoms with Crippen LogP contribution in [0.3, 0.4) is 0 Å². The average molecular weight is 733 g/mol. The zero-order chi connectivity index (χ0) is 36.5. The van der Waals surface area contributed by atoms with Crippen molar-refractivity contribution in [3.05, 3.63) is 176 Å². The molecule has 6 heterocycles. The van der Waals surface area contributed by atoms with Crippen LogP contribution in [0.2, 0.25) is 0 Å². The Balaban J connectivity index is 1.05. The van der Waals surface area contributed by atoms with Gasteiger partial charge in [-0.25, -0.2) is 0 Å². The minimum absolute atomic E-state index is 0.00594. The molecule has 4 aliphatic heterocycles. The van der Waals surface area contributed by atoms with Gasteiger partial charge in [0.1, 0.15) is 17.2 Å². The van der Waals surface area contributed by atoms with Crippen LogP contribution in [0.1, 0.15) is 0 Å².